The zero-order valence-corrected chi connectivity index (χ0v) is 48.3. The highest BCUT2D eigenvalue weighted by Crippen LogP contribution is 2.14. The summed E-state index contributed by atoms with van der Waals surface area (Å²) >= 11 is 0. The van der Waals surface area contributed by atoms with Gasteiger partial charge in [0.25, 0.3) is 0 Å². The minimum Gasteiger partial charge on any atom is -0.462 e. The van der Waals surface area contributed by atoms with Gasteiger partial charge in [-0.3, -0.25) is 14.4 Å². The lowest BCUT2D eigenvalue weighted by atomic mass is 10.0. The first-order valence-corrected chi connectivity index (χ1v) is 30.3. The average Bonchev–Trinajstić information content (AvgIpc) is 3.41. The zero-order chi connectivity index (χ0) is 54.3. The summed E-state index contributed by atoms with van der Waals surface area (Å²) in [6.07, 6.45) is 88.5. The van der Waals surface area contributed by atoms with E-state index in [-0.39, 0.29) is 37.5 Å². The molecule has 75 heavy (non-hydrogen) atoms. The molecule has 0 heterocycles. The maximum Gasteiger partial charge on any atom is 0.306 e. The van der Waals surface area contributed by atoms with Gasteiger partial charge in [-0.2, -0.15) is 0 Å². The molecule has 422 valence electrons. The maximum absolute atomic E-state index is 12.8. The number of esters is 3. The Labute approximate surface area is 461 Å². The van der Waals surface area contributed by atoms with Crippen LogP contribution in [0.3, 0.4) is 0 Å². The van der Waals surface area contributed by atoms with E-state index in [4.69, 9.17) is 14.2 Å². The topological polar surface area (TPSA) is 78.9 Å². The lowest BCUT2D eigenvalue weighted by Gasteiger charge is -2.18. The molecule has 0 fully saturated rings. The first-order chi connectivity index (χ1) is 37.0. The van der Waals surface area contributed by atoms with Gasteiger partial charge >= 0.3 is 17.9 Å². The normalized spacial score (nSPS) is 13.2. The van der Waals surface area contributed by atoms with Crippen molar-refractivity contribution in [2.45, 2.75) is 258 Å². The van der Waals surface area contributed by atoms with Crippen molar-refractivity contribution in [3.05, 3.63) is 146 Å². The van der Waals surface area contributed by atoms with Gasteiger partial charge < -0.3 is 14.2 Å². The molecule has 1 atom stereocenters. The van der Waals surface area contributed by atoms with E-state index in [1.807, 2.05) is 0 Å². The SMILES string of the molecule is CC/C=C\C/C=C\C/C=C\C/C=C\C/C=C\C/C=C\C/C=C\C/C=C\C/C=C\CCCCCC(=O)OCC(COC(=O)CCCCCCCCCCCCCCC)OC(=O)CCCCC/C=C\C/C=C\C/C=C\CC. The van der Waals surface area contributed by atoms with E-state index in [0.717, 1.165) is 148 Å². The van der Waals surface area contributed by atoms with Crippen LogP contribution in [-0.4, -0.2) is 37.2 Å². The summed E-state index contributed by atoms with van der Waals surface area (Å²) in [5, 5.41) is 0. The molecule has 0 saturated carbocycles. The lowest BCUT2D eigenvalue weighted by Crippen LogP contribution is -2.30. The molecular formula is C69H110O6. The van der Waals surface area contributed by atoms with Gasteiger partial charge in [-0.1, -0.05) is 256 Å². The van der Waals surface area contributed by atoms with E-state index < -0.39 is 6.10 Å². The van der Waals surface area contributed by atoms with Gasteiger partial charge in [-0.15, -0.1) is 0 Å². The summed E-state index contributed by atoms with van der Waals surface area (Å²) in [6, 6.07) is 0. The van der Waals surface area contributed by atoms with E-state index in [2.05, 4.69) is 167 Å². The molecular weight excluding hydrogens is 925 g/mol. The van der Waals surface area contributed by atoms with E-state index in [0.29, 0.717) is 12.8 Å². The maximum atomic E-state index is 12.8. The van der Waals surface area contributed by atoms with Crippen molar-refractivity contribution in [3.8, 4) is 0 Å². The Hall–Kier alpha value is -4.71. The Morgan fingerprint density at radius 2 is 0.520 bits per heavy atom. The molecule has 0 aromatic carbocycles. The molecule has 0 aliphatic heterocycles. The van der Waals surface area contributed by atoms with Crippen LogP contribution < -0.4 is 0 Å². The number of ether oxygens (including phenoxy) is 3. The Kier molecular flexibility index (Phi) is 58.0. The van der Waals surface area contributed by atoms with E-state index in [1.165, 1.54) is 64.2 Å². The minimum absolute atomic E-state index is 0.103. The standard InChI is InChI=1S/C69H110O6/c1-4-7-10-13-16-19-22-25-26-27-28-29-30-31-32-33-34-35-36-37-38-39-40-41-42-45-47-50-53-56-59-62-68(71)74-65-66(75-69(72)63-60-57-54-51-48-44-24-21-18-15-12-9-6-3)64-73-67(70)61-58-55-52-49-46-43-23-20-17-14-11-8-5-2/h7,9-10,12,16,18-19,21,25-26,28-29,31-32,34-35,37-38,40-41,44-45,47-48,66H,4-6,8,11,13-15,17,20,22-24,27,30,33,36,39,42-43,46,49-65H2,1-3H3/b10-7-,12-9-,19-16-,21-18-,26-25-,29-28-,32-31-,35-34-,38-37-,41-40-,47-45-,48-44-. The summed E-state index contributed by atoms with van der Waals surface area (Å²) < 4.78 is 16.8. The van der Waals surface area contributed by atoms with Crippen LogP contribution in [0.4, 0.5) is 0 Å². The number of unbranched alkanes of at least 4 members (excludes halogenated alkanes) is 18. The molecule has 1 unspecified atom stereocenters. The van der Waals surface area contributed by atoms with E-state index in [9.17, 15) is 14.4 Å². The first kappa shape index (κ1) is 70.3. The number of hydrogen-bond donors (Lipinski definition) is 0. The van der Waals surface area contributed by atoms with Crippen molar-refractivity contribution in [1.82, 2.24) is 0 Å². The second-order valence-corrected chi connectivity index (χ2v) is 19.5. The van der Waals surface area contributed by atoms with Crippen LogP contribution in [0.1, 0.15) is 252 Å². The minimum atomic E-state index is -0.811. The van der Waals surface area contributed by atoms with Crippen LogP contribution in [0, 0.1) is 0 Å². The zero-order valence-electron chi connectivity index (χ0n) is 48.3. The molecule has 6 nitrogen and oxygen atoms in total. The Morgan fingerprint density at radius 3 is 0.813 bits per heavy atom. The predicted octanol–water partition coefficient (Wildman–Crippen LogP) is 20.8. The Bertz CT molecular complexity index is 1660. The number of carbonyl (C=O) groups is 3. The van der Waals surface area contributed by atoms with Crippen molar-refractivity contribution in [3.63, 3.8) is 0 Å². The molecule has 6 heteroatoms. The Morgan fingerprint density at radius 1 is 0.280 bits per heavy atom. The van der Waals surface area contributed by atoms with Gasteiger partial charge in [0.1, 0.15) is 13.2 Å². The fourth-order valence-electron chi connectivity index (χ4n) is 7.86. The van der Waals surface area contributed by atoms with E-state index in [1.54, 1.807) is 0 Å². The Balaban J connectivity index is 4.37. The molecule has 0 amide bonds. The van der Waals surface area contributed by atoms with Gasteiger partial charge in [-0.05, 0) is 122 Å². The summed E-state index contributed by atoms with van der Waals surface area (Å²) in [6.45, 7) is 6.35. The van der Waals surface area contributed by atoms with Gasteiger partial charge in [0.15, 0.2) is 6.10 Å². The lowest BCUT2D eigenvalue weighted by molar-refractivity contribution is -0.167. The fourth-order valence-corrected chi connectivity index (χ4v) is 7.86. The van der Waals surface area contributed by atoms with Crippen LogP contribution in [-0.2, 0) is 28.6 Å². The molecule has 0 aliphatic carbocycles. The molecule has 0 rings (SSSR count). The fraction of sp³-hybridized carbons (Fsp3) is 0.609. The molecule has 0 saturated heterocycles. The van der Waals surface area contributed by atoms with Gasteiger partial charge in [0.2, 0.25) is 0 Å². The van der Waals surface area contributed by atoms with Crippen LogP contribution in [0.2, 0.25) is 0 Å². The summed E-state index contributed by atoms with van der Waals surface area (Å²) in [7, 11) is 0. The average molecular weight is 1040 g/mol. The smallest absolute Gasteiger partial charge is 0.306 e. The number of hydrogen-bond acceptors (Lipinski definition) is 6. The van der Waals surface area contributed by atoms with Crippen molar-refractivity contribution < 1.29 is 28.6 Å². The van der Waals surface area contributed by atoms with Gasteiger partial charge in [-0.25, -0.2) is 0 Å². The predicted molar refractivity (Wildman–Crippen MR) is 325 cm³/mol. The van der Waals surface area contributed by atoms with Crippen LogP contribution in [0.15, 0.2) is 146 Å². The number of rotatable bonds is 53. The second-order valence-electron chi connectivity index (χ2n) is 19.5. The monoisotopic (exact) mass is 1030 g/mol. The van der Waals surface area contributed by atoms with Crippen molar-refractivity contribution in [2.75, 3.05) is 13.2 Å². The summed E-state index contributed by atoms with van der Waals surface area (Å²) in [5.41, 5.74) is 0. The second kappa shape index (κ2) is 61.8. The quantitative estimate of drug-likeness (QED) is 0.0261. The van der Waals surface area contributed by atoms with Crippen LogP contribution in [0.5, 0.6) is 0 Å². The molecule has 0 N–H and O–H groups in total. The number of allylic oxidation sites excluding steroid dienone is 24. The summed E-state index contributed by atoms with van der Waals surface area (Å²) in [5.74, 6) is -0.972. The molecule has 0 bridgehead atoms. The van der Waals surface area contributed by atoms with Crippen LogP contribution >= 0.6 is 0 Å². The van der Waals surface area contributed by atoms with Crippen LogP contribution in [0.25, 0.3) is 0 Å². The highest BCUT2D eigenvalue weighted by Gasteiger charge is 2.19. The third kappa shape index (κ3) is 60.0. The first-order valence-electron chi connectivity index (χ1n) is 30.3. The molecule has 0 aromatic heterocycles. The van der Waals surface area contributed by atoms with Crippen molar-refractivity contribution in [2.24, 2.45) is 0 Å². The largest absolute Gasteiger partial charge is 0.462 e. The highest BCUT2D eigenvalue weighted by atomic mass is 16.6. The molecule has 0 spiro atoms. The molecule has 0 radical (unpaired) electrons. The van der Waals surface area contributed by atoms with Crippen molar-refractivity contribution >= 4 is 17.9 Å². The van der Waals surface area contributed by atoms with Gasteiger partial charge in [0, 0.05) is 19.3 Å². The van der Waals surface area contributed by atoms with Crippen molar-refractivity contribution in [1.29, 1.82) is 0 Å². The van der Waals surface area contributed by atoms with E-state index >= 15 is 0 Å². The number of carbonyl (C=O) groups excluding carboxylic acids is 3. The summed E-state index contributed by atoms with van der Waals surface area (Å²) in [4.78, 5) is 38.1. The van der Waals surface area contributed by atoms with Gasteiger partial charge in [0.05, 0.1) is 0 Å². The third-order valence-electron chi connectivity index (χ3n) is 12.3. The highest BCUT2D eigenvalue weighted by molar-refractivity contribution is 5.71. The molecule has 0 aliphatic rings. The molecule has 0 aromatic rings. The third-order valence-corrected chi connectivity index (χ3v) is 12.3.